The van der Waals surface area contributed by atoms with Crippen molar-refractivity contribution in [1.29, 1.82) is 0 Å². The van der Waals surface area contributed by atoms with Crippen LogP contribution < -0.4 is 10.1 Å². The maximum absolute atomic E-state index is 14.4. The molecule has 1 unspecified atom stereocenters. The molecule has 2 aliphatic heterocycles. The summed E-state index contributed by atoms with van der Waals surface area (Å²) in [5.41, 5.74) is 0.659. The maximum Gasteiger partial charge on any atom is 0.322 e. The van der Waals surface area contributed by atoms with Gasteiger partial charge in [-0.3, -0.25) is 9.69 Å². The number of rotatable bonds is 8. The number of nitrogens with zero attached hydrogens (tertiary/aromatic N) is 3. The zero-order valence-corrected chi connectivity index (χ0v) is 20.5. The Balaban J connectivity index is 1.41. The largest absolute Gasteiger partial charge is 0.497 e. The van der Waals surface area contributed by atoms with E-state index in [1.54, 1.807) is 53.3 Å². The number of urea groups is 1. The molecule has 0 saturated carbocycles. The molecule has 0 radical (unpaired) electrons. The number of ether oxygens (including phenoxy) is 3. The van der Waals surface area contributed by atoms with Crippen LogP contribution in [0.5, 0.6) is 5.75 Å². The molecule has 1 atom stereocenters. The van der Waals surface area contributed by atoms with Crippen LogP contribution in [0.25, 0.3) is 0 Å². The van der Waals surface area contributed by atoms with Crippen molar-refractivity contribution in [2.24, 2.45) is 0 Å². The van der Waals surface area contributed by atoms with Gasteiger partial charge in [0.2, 0.25) is 0 Å². The van der Waals surface area contributed by atoms with Gasteiger partial charge in [-0.2, -0.15) is 0 Å². The third kappa shape index (κ3) is 6.93. The third-order valence-corrected chi connectivity index (χ3v) is 6.35. The first-order valence-electron chi connectivity index (χ1n) is 12.2. The summed E-state index contributed by atoms with van der Waals surface area (Å²) < 4.78 is 31.0. The van der Waals surface area contributed by atoms with Crippen molar-refractivity contribution in [2.75, 3.05) is 78.1 Å². The van der Waals surface area contributed by atoms with E-state index in [9.17, 15) is 14.0 Å². The van der Waals surface area contributed by atoms with E-state index in [-0.39, 0.29) is 24.0 Å². The lowest BCUT2D eigenvalue weighted by atomic mass is 10.1. The van der Waals surface area contributed by atoms with Gasteiger partial charge >= 0.3 is 6.03 Å². The number of amides is 3. The number of carbonyl (C=O) groups is 2. The number of hydrogen-bond acceptors (Lipinski definition) is 6. The Morgan fingerprint density at radius 1 is 1.11 bits per heavy atom. The number of carbonyl (C=O) groups excluding carboxylic acids is 2. The Labute approximate surface area is 210 Å². The van der Waals surface area contributed by atoms with E-state index in [0.29, 0.717) is 57.4 Å². The Kier molecular flexibility index (Phi) is 9.10. The number of hydrogen-bond donors (Lipinski definition) is 1. The summed E-state index contributed by atoms with van der Waals surface area (Å²) in [4.78, 5) is 31.7. The van der Waals surface area contributed by atoms with Crippen molar-refractivity contribution < 1.29 is 28.2 Å². The first-order valence-corrected chi connectivity index (χ1v) is 12.2. The van der Waals surface area contributed by atoms with Crippen LogP contribution >= 0.6 is 0 Å². The van der Waals surface area contributed by atoms with E-state index in [1.165, 1.54) is 12.1 Å². The minimum Gasteiger partial charge on any atom is -0.497 e. The molecule has 0 aromatic heterocycles. The minimum absolute atomic E-state index is 0.0305. The number of anilines is 1. The zero-order chi connectivity index (χ0) is 25.3. The van der Waals surface area contributed by atoms with Gasteiger partial charge in [0.25, 0.3) is 5.91 Å². The van der Waals surface area contributed by atoms with Crippen LogP contribution in [0.3, 0.4) is 0 Å². The van der Waals surface area contributed by atoms with Crippen LogP contribution in [0, 0.1) is 5.82 Å². The average molecular weight is 501 g/mol. The van der Waals surface area contributed by atoms with Crippen molar-refractivity contribution in [3.05, 3.63) is 59.9 Å². The van der Waals surface area contributed by atoms with E-state index in [0.717, 1.165) is 13.1 Å². The van der Waals surface area contributed by atoms with Crippen LogP contribution in [-0.2, 0) is 9.47 Å². The summed E-state index contributed by atoms with van der Waals surface area (Å²) in [6.45, 7) is 5.31. The molecule has 10 heteroatoms. The lowest BCUT2D eigenvalue weighted by Crippen LogP contribution is -2.52. The molecular formula is C26H33FN4O5. The fourth-order valence-corrected chi connectivity index (χ4v) is 4.33. The molecule has 194 valence electrons. The van der Waals surface area contributed by atoms with Crippen LogP contribution in [0.1, 0.15) is 10.4 Å². The summed E-state index contributed by atoms with van der Waals surface area (Å²) >= 11 is 0. The van der Waals surface area contributed by atoms with E-state index in [2.05, 4.69) is 10.2 Å². The second kappa shape index (κ2) is 12.7. The summed E-state index contributed by atoms with van der Waals surface area (Å²) in [5.74, 6) is -0.291. The van der Waals surface area contributed by atoms with E-state index in [1.807, 2.05) is 0 Å². The van der Waals surface area contributed by atoms with Crippen molar-refractivity contribution in [3.8, 4) is 5.75 Å². The maximum atomic E-state index is 14.4. The SMILES string of the molecule is COc1cccc(NC(=O)N2CCOC(CN(CCN3CCOCC3)C(=O)c3ccccc3F)C2)c1. The van der Waals surface area contributed by atoms with Gasteiger partial charge < -0.3 is 29.3 Å². The normalized spacial score (nSPS) is 18.5. The van der Waals surface area contributed by atoms with Gasteiger partial charge in [-0.25, -0.2) is 9.18 Å². The fourth-order valence-electron chi connectivity index (χ4n) is 4.33. The van der Waals surface area contributed by atoms with Crippen molar-refractivity contribution in [2.45, 2.75) is 6.10 Å². The molecule has 3 amide bonds. The standard InChI is InChI=1S/C26H33FN4O5/c1-34-21-6-4-5-20(17-21)28-26(33)31-13-16-36-22(19-31)18-30(10-9-29-11-14-35-15-12-29)25(32)23-7-2-3-8-24(23)27/h2-8,17,22H,9-16,18-19H2,1H3,(H,28,33). The second-order valence-electron chi connectivity index (χ2n) is 8.79. The molecular weight excluding hydrogens is 467 g/mol. The fraction of sp³-hybridized carbons (Fsp3) is 0.462. The smallest absolute Gasteiger partial charge is 0.322 e. The number of nitrogens with one attached hydrogen (secondary N) is 1. The molecule has 2 aromatic rings. The number of morpholine rings is 2. The summed E-state index contributed by atoms with van der Waals surface area (Å²) in [6, 6.07) is 12.9. The molecule has 2 heterocycles. The molecule has 2 saturated heterocycles. The molecule has 36 heavy (non-hydrogen) atoms. The van der Waals surface area contributed by atoms with E-state index >= 15 is 0 Å². The quantitative estimate of drug-likeness (QED) is 0.600. The summed E-state index contributed by atoms with van der Waals surface area (Å²) in [6.07, 6.45) is -0.393. The number of benzene rings is 2. The minimum atomic E-state index is -0.553. The number of halogens is 1. The van der Waals surface area contributed by atoms with E-state index in [4.69, 9.17) is 14.2 Å². The second-order valence-corrected chi connectivity index (χ2v) is 8.79. The first kappa shape index (κ1) is 25.9. The van der Waals surface area contributed by atoms with Gasteiger partial charge in [-0.1, -0.05) is 18.2 Å². The Morgan fingerprint density at radius 2 is 1.92 bits per heavy atom. The van der Waals surface area contributed by atoms with Gasteiger partial charge in [0, 0.05) is 51.0 Å². The van der Waals surface area contributed by atoms with Crippen LogP contribution in [0.15, 0.2) is 48.5 Å². The highest BCUT2D eigenvalue weighted by Crippen LogP contribution is 2.18. The van der Waals surface area contributed by atoms with Crippen LogP contribution in [0.2, 0.25) is 0 Å². The topological polar surface area (TPSA) is 83.6 Å². The highest BCUT2D eigenvalue weighted by molar-refractivity contribution is 5.94. The summed E-state index contributed by atoms with van der Waals surface area (Å²) in [5, 5.41) is 2.89. The Bertz CT molecular complexity index is 1030. The zero-order valence-electron chi connectivity index (χ0n) is 20.5. The van der Waals surface area contributed by atoms with Gasteiger partial charge in [0.15, 0.2) is 0 Å². The van der Waals surface area contributed by atoms with Crippen molar-refractivity contribution >= 4 is 17.6 Å². The molecule has 9 nitrogen and oxygen atoms in total. The van der Waals surface area contributed by atoms with Crippen LogP contribution in [0.4, 0.5) is 14.9 Å². The molecule has 2 aliphatic rings. The van der Waals surface area contributed by atoms with Gasteiger partial charge in [0.05, 0.1) is 45.1 Å². The lowest BCUT2D eigenvalue weighted by molar-refractivity contribution is -0.0282. The predicted molar refractivity (Wildman–Crippen MR) is 133 cm³/mol. The van der Waals surface area contributed by atoms with Crippen molar-refractivity contribution in [3.63, 3.8) is 0 Å². The first-order chi connectivity index (χ1) is 17.5. The highest BCUT2D eigenvalue weighted by atomic mass is 19.1. The lowest BCUT2D eigenvalue weighted by Gasteiger charge is -2.36. The average Bonchev–Trinajstić information content (AvgIpc) is 2.91. The highest BCUT2D eigenvalue weighted by Gasteiger charge is 2.29. The third-order valence-electron chi connectivity index (χ3n) is 6.35. The molecule has 0 bridgehead atoms. The molecule has 0 aliphatic carbocycles. The van der Waals surface area contributed by atoms with E-state index < -0.39 is 11.9 Å². The van der Waals surface area contributed by atoms with Gasteiger partial charge in [-0.05, 0) is 24.3 Å². The van der Waals surface area contributed by atoms with Crippen molar-refractivity contribution in [1.82, 2.24) is 14.7 Å². The molecule has 0 spiro atoms. The van der Waals surface area contributed by atoms with Gasteiger partial charge in [0.1, 0.15) is 11.6 Å². The molecule has 2 aromatic carbocycles. The predicted octanol–water partition coefficient (Wildman–Crippen LogP) is 2.54. The Morgan fingerprint density at radius 3 is 2.69 bits per heavy atom. The Hall–Kier alpha value is -3.21. The number of methoxy groups -OCH3 is 1. The van der Waals surface area contributed by atoms with Crippen LogP contribution in [-0.4, -0.2) is 105 Å². The molecule has 1 N–H and O–H groups in total. The summed E-state index contributed by atoms with van der Waals surface area (Å²) in [7, 11) is 1.57. The monoisotopic (exact) mass is 500 g/mol. The molecule has 4 rings (SSSR count). The van der Waals surface area contributed by atoms with Gasteiger partial charge in [-0.15, -0.1) is 0 Å². The molecule has 2 fully saturated rings.